The molecular weight excluding hydrogens is 230 g/mol. The van der Waals surface area contributed by atoms with Crippen LogP contribution in [0.1, 0.15) is 18.7 Å². The molecule has 1 aromatic carbocycles. The van der Waals surface area contributed by atoms with Crippen molar-refractivity contribution < 1.29 is 9.53 Å². The molecule has 1 atom stereocenters. The maximum atomic E-state index is 11.1. The van der Waals surface area contributed by atoms with Crippen molar-refractivity contribution in [3.05, 3.63) is 36.3 Å². The second kappa shape index (κ2) is 4.91. The number of amides is 1. The van der Waals surface area contributed by atoms with Crippen molar-refractivity contribution in [3.8, 4) is 17.0 Å². The summed E-state index contributed by atoms with van der Waals surface area (Å²) in [6.07, 6.45) is 1.68. The van der Waals surface area contributed by atoms with Crippen LogP contribution in [-0.2, 0) is 4.79 Å². The van der Waals surface area contributed by atoms with Crippen molar-refractivity contribution >= 4 is 5.91 Å². The largest absolute Gasteiger partial charge is 0.497 e. The van der Waals surface area contributed by atoms with Gasteiger partial charge in [0.15, 0.2) is 0 Å². The van der Waals surface area contributed by atoms with Gasteiger partial charge in [-0.05, 0) is 19.1 Å². The number of nitrogens with zero attached hydrogens (tertiary/aromatic N) is 1. The SMILES string of the molecule is COc1cccc(-c2cnc(C(C)C(N)=O)[nH]2)c1. The highest BCUT2D eigenvalue weighted by atomic mass is 16.5. The van der Waals surface area contributed by atoms with Gasteiger partial charge >= 0.3 is 0 Å². The number of methoxy groups -OCH3 is 1. The van der Waals surface area contributed by atoms with E-state index in [0.29, 0.717) is 5.82 Å². The van der Waals surface area contributed by atoms with Gasteiger partial charge in [-0.3, -0.25) is 4.79 Å². The number of aromatic nitrogens is 2. The number of carbonyl (C=O) groups is 1. The van der Waals surface area contributed by atoms with Gasteiger partial charge in [0, 0.05) is 5.56 Å². The number of H-pyrrole nitrogens is 1. The van der Waals surface area contributed by atoms with Crippen molar-refractivity contribution in [1.29, 1.82) is 0 Å². The number of primary amides is 1. The van der Waals surface area contributed by atoms with Gasteiger partial charge in [-0.25, -0.2) is 4.98 Å². The molecule has 0 aliphatic heterocycles. The zero-order valence-corrected chi connectivity index (χ0v) is 10.3. The molecule has 0 bridgehead atoms. The summed E-state index contributed by atoms with van der Waals surface area (Å²) < 4.78 is 5.16. The van der Waals surface area contributed by atoms with E-state index in [4.69, 9.17) is 10.5 Å². The highest BCUT2D eigenvalue weighted by molar-refractivity contribution is 5.80. The summed E-state index contributed by atoms with van der Waals surface area (Å²) in [5.74, 6) is 0.512. The molecule has 0 aliphatic rings. The van der Waals surface area contributed by atoms with Crippen molar-refractivity contribution in [3.63, 3.8) is 0 Å². The van der Waals surface area contributed by atoms with E-state index < -0.39 is 11.8 Å². The lowest BCUT2D eigenvalue weighted by molar-refractivity contribution is -0.119. The van der Waals surface area contributed by atoms with Crippen LogP contribution in [0.5, 0.6) is 5.75 Å². The Kier molecular flexibility index (Phi) is 3.32. The Morgan fingerprint density at radius 1 is 1.50 bits per heavy atom. The summed E-state index contributed by atoms with van der Waals surface area (Å²) in [7, 11) is 1.62. The average molecular weight is 245 g/mol. The minimum atomic E-state index is -0.427. The standard InChI is InChI=1S/C13H15N3O2/c1-8(12(14)17)13-15-7-11(16-13)9-4-3-5-10(6-9)18-2/h3-8H,1-2H3,(H2,14,17)(H,15,16). The average Bonchev–Trinajstić information content (AvgIpc) is 2.87. The zero-order chi connectivity index (χ0) is 13.1. The van der Waals surface area contributed by atoms with Crippen LogP contribution < -0.4 is 10.5 Å². The van der Waals surface area contributed by atoms with E-state index in [2.05, 4.69) is 9.97 Å². The van der Waals surface area contributed by atoms with Crippen LogP contribution in [0.3, 0.4) is 0 Å². The lowest BCUT2D eigenvalue weighted by Gasteiger charge is -2.03. The fraction of sp³-hybridized carbons (Fsp3) is 0.231. The second-order valence-corrected chi connectivity index (χ2v) is 4.04. The van der Waals surface area contributed by atoms with E-state index in [-0.39, 0.29) is 0 Å². The minimum Gasteiger partial charge on any atom is -0.497 e. The maximum absolute atomic E-state index is 11.1. The molecule has 0 saturated carbocycles. The number of aromatic amines is 1. The van der Waals surface area contributed by atoms with E-state index in [1.807, 2.05) is 24.3 Å². The van der Waals surface area contributed by atoms with Crippen molar-refractivity contribution in [2.24, 2.45) is 5.73 Å². The van der Waals surface area contributed by atoms with E-state index >= 15 is 0 Å². The summed E-state index contributed by atoms with van der Waals surface area (Å²) in [6.45, 7) is 1.72. The number of benzene rings is 1. The zero-order valence-electron chi connectivity index (χ0n) is 10.3. The van der Waals surface area contributed by atoms with Crippen molar-refractivity contribution in [2.75, 3.05) is 7.11 Å². The number of hydrogen-bond donors (Lipinski definition) is 2. The summed E-state index contributed by atoms with van der Waals surface area (Å²) in [6, 6.07) is 7.60. The van der Waals surface area contributed by atoms with E-state index in [9.17, 15) is 4.79 Å². The highest BCUT2D eigenvalue weighted by Gasteiger charge is 2.15. The molecule has 0 saturated heterocycles. The Hall–Kier alpha value is -2.30. The van der Waals surface area contributed by atoms with Crippen LogP contribution in [0.2, 0.25) is 0 Å². The molecule has 0 aliphatic carbocycles. The highest BCUT2D eigenvalue weighted by Crippen LogP contribution is 2.23. The van der Waals surface area contributed by atoms with Crippen molar-refractivity contribution in [1.82, 2.24) is 9.97 Å². The lowest BCUT2D eigenvalue weighted by Crippen LogP contribution is -2.19. The van der Waals surface area contributed by atoms with Gasteiger partial charge in [0.1, 0.15) is 11.6 Å². The first-order valence-electron chi connectivity index (χ1n) is 5.60. The maximum Gasteiger partial charge on any atom is 0.227 e. The predicted octanol–water partition coefficient (Wildman–Crippen LogP) is 1.67. The molecule has 94 valence electrons. The summed E-state index contributed by atoms with van der Waals surface area (Å²) >= 11 is 0. The van der Waals surface area contributed by atoms with Crippen LogP contribution in [0, 0.1) is 0 Å². The van der Waals surface area contributed by atoms with Gasteiger partial charge in [-0.1, -0.05) is 12.1 Å². The summed E-state index contributed by atoms with van der Waals surface area (Å²) in [5, 5.41) is 0. The van der Waals surface area contributed by atoms with Gasteiger partial charge in [0.2, 0.25) is 5.91 Å². The number of ether oxygens (including phenoxy) is 1. The van der Waals surface area contributed by atoms with Gasteiger partial charge in [-0.2, -0.15) is 0 Å². The molecule has 2 rings (SSSR count). The third-order valence-corrected chi connectivity index (χ3v) is 2.81. The topological polar surface area (TPSA) is 81.0 Å². The quantitative estimate of drug-likeness (QED) is 0.859. The molecule has 0 fully saturated rings. The normalized spacial score (nSPS) is 12.1. The molecule has 3 N–H and O–H groups in total. The summed E-state index contributed by atoms with van der Waals surface area (Å²) in [4.78, 5) is 18.4. The second-order valence-electron chi connectivity index (χ2n) is 4.04. The first kappa shape index (κ1) is 12.2. The van der Waals surface area contributed by atoms with Gasteiger partial charge < -0.3 is 15.5 Å². The Morgan fingerprint density at radius 2 is 2.28 bits per heavy atom. The smallest absolute Gasteiger partial charge is 0.227 e. The minimum absolute atomic E-state index is 0.401. The molecule has 1 amide bonds. The van der Waals surface area contributed by atoms with E-state index in [1.54, 1.807) is 20.2 Å². The molecule has 2 aromatic rings. The van der Waals surface area contributed by atoms with Crippen LogP contribution in [-0.4, -0.2) is 23.0 Å². The number of carbonyl (C=O) groups excluding carboxylic acids is 1. The third-order valence-electron chi connectivity index (χ3n) is 2.81. The number of nitrogens with one attached hydrogen (secondary N) is 1. The van der Waals surface area contributed by atoms with Crippen molar-refractivity contribution in [2.45, 2.75) is 12.8 Å². The molecule has 1 unspecified atom stereocenters. The number of nitrogens with two attached hydrogens (primary N) is 1. The number of rotatable bonds is 4. The van der Waals surface area contributed by atoms with E-state index in [0.717, 1.165) is 17.0 Å². The van der Waals surface area contributed by atoms with Crippen LogP contribution in [0.25, 0.3) is 11.3 Å². The van der Waals surface area contributed by atoms with Gasteiger partial charge in [0.05, 0.1) is 24.9 Å². The molecule has 1 aromatic heterocycles. The molecule has 0 spiro atoms. The predicted molar refractivity (Wildman–Crippen MR) is 68.2 cm³/mol. The lowest BCUT2D eigenvalue weighted by atomic mass is 10.1. The summed E-state index contributed by atoms with van der Waals surface area (Å²) in [5.41, 5.74) is 7.02. The Bertz CT molecular complexity index is 563. The molecule has 1 heterocycles. The fourth-order valence-corrected chi connectivity index (χ4v) is 1.63. The van der Waals surface area contributed by atoms with E-state index in [1.165, 1.54) is 0 Å². The Labute approximate surface area is 105 Å². The number of hydrogen-bond acceptors (Lipinski definition) is 3. The molecule has 18 heavy (non-hydrogen) atoms. The fourth-order valence-electron chi connectivity index (χ4n) is 1.63. The molecular formula is C13H15N3O2. The first-order valence-corrected chi connectivity index (χ1v) is 5.60. The first-order chi connectivity index (χ1) is 8.61. The van der Waals surface area contributed by atoms with Crippen LogP contribution >= 0.6 is 0 Å². The molecule has 5 nitrogen and oxygen atoms in total. The van der Waals surface area contributed by atoms with Gasteiger partial charge in [0.25, 0.3) is 0 Å². The Balaban J connectivity index is 2.31. The third kappa shape index (κ3) is 2.34. The molecule has 5 heteroatoms. The van der Waals surface area contributed by atoms with Gasteiger partial charge in [-0.15, -0.1) is 0 Å². The Morgan fingerprint density at radius 3 is 2.94 bits per heavy atom. The van der Waals surface area contributed by atoms with Crippen LogP contribution in [0.4, 0.5) is 0 Å². The molecule has 0 radical (unpaired) electrons. The number of imidazole rings is 1. The monoisotopic (exact) mass is 245 g/mol. The van der Waals surface area contributed by atoms with Crippen LogP contribution in [0.15, 0.2) is 30.5 Å².